The molecular formula is C20H18BrNO4S. The van der Waals surface area contributed by atoms with E-state index in [4.69, 9.17) is 4.74 Å². The number of hydrogen-bond donors (Lipinski definition) is 1. The van der Waals surface area contributed by atoms with Gasteiger partial charge in [0.2, 0.25) is 0 Å². The Morgan fingerprint density at radius 2 is 1.93 bits per heavy atom. The summed E-state index contributed by atoms with van der Waals surface area (Å²) in [6.07, 6.45) is 1.52. The lowest BCUT2D eigenvalue weighted by molar-refractivity contribution is -0.123. The van der Waals surface area contributed by atoms with E-state index in [1.807, 2.05) is 38.1 Å². The highest BCUT2D eigenvalue weighted by atomic mass is 79.9. The summed E-state index contributed by atoms with van der Waals surface area (Å²) < 4.78 is 6.10. The fraction of sp³-hybridized carbons (Fsp3) is 0.200. The average Bonchev–Trinajstić information content (AvgIpc) is 2.88. The zero-order chi connectivity index (χ0) is 19.6. The molecule has 1 aliphatic rings. The zero-order valence-electron chi connectivity index (χ0n) is 14.9. The predicted octanol–water partition coefficient (Wildman–Crippen LogP) is 5.10. The summed E-state index contributed by atoms with van der Waals surface area (Å²) in [4.78, 5) is 26.5. The van der Waals surface area contributed by atoms with E-state index in [0.717, 1.165) is 22.9 Å². The van der Waals surface area contributed by atoms with Crippen LogP contribution in [-0.2, 0) is 11.3 Å². The van der Waals surface area contributed by atoms with Crippen LogP contribution in [0.25, 0.3) is 6.08 Å². The molecule has 1 fully saturated rings. The van der Waals surface area contributed by atoms with E-state index in [2.05, 4.69) is 15.9 Å². The van der Waals surface area contributed by atoms with E-state index in [-0.39, 0.29) is 28.3 Å². The van der Waals surface area contributed by atoms with Crippen molar-refractivity contribution in [3.8, 4) is 11.5 Å². The number of thioether (sulfide) groups is 1. The predicted molar refractivity (Wildman–Crippen MR) is 110 cm³/mol. The lowest BCUT2D eigenvalue weighted by Crippen LogP contribution is -2.27. The molecule has 0 atom stereocenters. The Kier molecular flexibility index (Phi) is 5.92. The van der Waals surface area contributed by atoms with Gasteiger partial charge in [-0.1, -0.05) is 45.8 Å². The first-order valence-electron chi connectivity index (χ1n) is 8.35. The molecule has 7 heteroatoms. The first kappa shape index (κ1) is 19.5. The van der Waals surface area contributed by atoms with Gasteiger partial charge in [0.25, 0.3) is 11.1 Å². The molecule has 1 heterocycles. The highest BCUT2D eigenvalue weighted by molar-refractivity contribution is 9.10. The third-order valence-electron chi connectivity index (χ3n) is 3.99. The Labute approximate surface area is 170 Å². The number of aryl methyl sites for hydroxylation is 1. The summed E-state index contributed by atoms with van der Waals surface area (Å²) >= 11 is 4.23. The molecule has 1 aliphatic heterocycles. The maximum absolute atomic E-state index is 12.7. The van der Waals surface area contributed by atoms with Crippen molar-refractivity contribution < 1.29 is 19.4 Å². The van der Waals surface area contributed by atoms with Crippen molar-refractivity contribution in [3.63, 3.8) is 0 Å². The molecule has 0 aliphatic carbocycles. The molecule has 140 valence electrons. The van der Waals surface area contributed by atoms with Gasteiger partial charge in [-0.25, -0.2) is 0 Å². The van der Waals surface area contributed by atoms with Crippen LogP contribution < -0.4 is 4.74 Å². The number of carbonyl (C=O) groups is 2. The summed E-state index contributed by atoms with van der Waals surface area (Å²) in [7, 11) is 0. The third-order valence-corrected chi connectivity index (χ3v) is 5.36. The Hall–Kier alpha value is -2.25. The molecule has 0 radical (unpaired) electrons. The normalized spacial score (nSPS) is 15.7. The summed E-state index contributed by atoms with van der Waals surface area (Å²) in [6, 6.07) is 11.0. The smallest absolute Gasteiger partial charge is 0.293 e. The van der Waals surface area contributed by atoms with Gasteiger partial charge in [-0.15, -0.1) is 0 Å². The number of ether oxygens (including phenoxy) is 1. The van der Waals surface area contributed by atoms with Crippen LogP contribution in [0.3, 0.4) is 0 Å². The second kappa shape index (κ2) is 8.19. The number of nitrogens with zero attached hydrogens (tertiary/aromatic N) is 1. The van der Waals surface area contributed by atoms with Gasteiger partial charge in [-0.2, -0.15) is 0 Å². The van der Waals surface area contributed by atoms with Crippen molar-refractivity contribution in [2.75, 3.05) is 6.61 Å². The first-order valence-corrected chi connectivity index (χ1v) is 9.96. The van der Waals surface area contributed by atoms with Crippen molar-refractivity contribution in [1.29, 1.82) is 0 Å². The minimum Gasteiger partial charge on any atom is -0.504 e. The topological polar surface area (TPSA) is 66.8 Å². The van der Waals surface area contributed by atoms with Crippen LogP contribution in [0.1, 0.15) is 23.6 Å². The Balaban J connectivity index is 1.87. The molecule has 1 N–H and O–H groups in total. The van der Waals surface area contributed by atoms with E-state index in [9.17, 15) is 14.7 Å². The van der Waals surface area contributed by atoms with Crippen LogP contribution in [0.2, 0.25) is 0 Å². The number of phenolic OH excluding ortho intramolecular Hbond substituents is 1. The van der Waals surface area contributed by atoms with Crippen molar-refractivity contribution in [3.05, 3.63) is 62.5 Å². The Morgan fingerprint density at radius 3 is 2.59 bits per heavy atom. The molecule has 2 amide bonds. The van der Waals surface area contributed by atoms with Gasteiger partial charge in [-0.3, -0.25) is 14.5 Å². The molecule has 0 unspecified atom stereocenters. The number of carbonyl (C=O) groups excluding carboxylic acids is 2. The summed E-state index contributed by atoms with van der Waals surface area (Å²) in [5, 5.41) is 10.0. The highest BCUT2D eigenvalue weighted by Crippen LogP contribution is 2.39. The van der Waals surface area contributed by atoms with E-state index < -0.39 is 0 Å². The van der Waals surface area contributed by atoms with Crippen LogP contribution in [-0.4, -0.2) is 27.8 Å². The summed E-state index contributed by atoms with van der Waals surface area (Å²) in [5.41, 5.74) is 2.41. The lowest BCUT2D eigenvalue weighted by Gasteiger charge is -2.12. The van der Waals surface area contributed by atoms with E-state index >= 15 is 0 Å². The molecular weight excluding hydrogens is 430 g/mol. The van der Waals surface area contributed by atoms with E-state index in [0.29, 0.717) is 22.4 Å². The number of amides is 2. The van der Waals surface area contributed by atoms with Gasteiger partial charge in [0, 0.05) is 10.0 Å². The number of rotatable bonds is 5. The van der Waals surface area contributed by atoms with Gasteiger partial charge in [-0.05, 0) is 49.4 Å². The maximum atomic E-state index is 12.7. The summed E-state index contributed by atoms with van der Waals surface area (Å²) in [5.74, 6) is -0.120. The number of hydrogen-bond acceptors (Lipinski definition) is 5. The van der Waals surface area contributed by atoms with Gasteiger partial charge in [0.1, 0.15) is 0 Å². The average molecular weight is 448 g/mol. The van der Waals surface area contributed by atoms with Crippen molar-refractivity contribution in [2.24, 2.45) is 0 Å². The molecule has 0 saturated carbocycles. The van der Waals surface area contributed by atoms with Crippen LogP contribution in [0.15, 0.2) is 45.8 Å². The van der Waals surface area contributed by atoms with Crippen molar-refractivity contribution in [2.45, 2.75) is 20.4 Å². The molecule has 27 heavy (non-hydrogen) atoms. The largest absolute Gasteiger partial charge is 0.504 e. The molecule has 5 nitrogen and oxygen atoms in total. The molecule has 3 rings (SSSR count). The van der Waals surface area contributed by atoms with Crippen LogP contribution in [0.5, 0.6) is 11.5 Å². The molecule has 0 spiro atoms. The van der Waals surface area contributed by atoms with Gasteiger partial charge < -0.3 is 9.84 Å². The fourth-order valence-corrected chi connectivity index (χ4v) is 3.91. The van der Waals surface area contributed by atoms with Crippen LogP contribution >= 0.6 is 27.7 Å². The second-order valence-corrected chi connectivity index (χ2v) is 7.94. The van der Waals surface area contributed by atoms with E-state index in [1.54, 1.807) is 12.1 Å². The quantitative estimate of drug-likeness (QED) is 0.645. The lowest BCUT2D eigenvalue weighted by atomic mass is 10.1. The second-order valence-electron chi connectivity index (χ2n) is 6.03. The van der Waals surface area contributed by atoms with E-state index in [1.165, 1.54) is 11.0 Å². The van der Waals surface area contributed by atoms with Crippen molar-refractivity contribution >= 4 is 44.9 Å². The van der Waals surface area contributed by atoms with Gasteiger partial charge >= 0.3 is 0 Å². The Morgan fingerprint density at radius 1 is 1.22 bits per heavy atom. The number of aromatic hydroxyl groups is 1. The summed E-state index contributed by atoms with van der Waals surface area (Å²) in [6.45, 7) is 4.41. The van der Waals surface area contributed by atoms with Crippen LogP contribution in [0.4, 0.5) is 4.79 Å². The van der Waals surface area contributed by atoms with Crippen molar-refractivity contribution in [1.82, 2.24) is 4.90 Å². The molecule has 2 aromatic carbocycles. The Bertz CT molecular complexity index is 924. The first-order chi connectivity index (χ1) is 12.9. The maximum Gasteiger partial charge on any atom is 0.293 e. The molecule has 2 aromatic rings. The zero-order valence-corrected chi connectivity index (χ0v) is 17.3. The number of imide groups is 1. The minimum absolute atomic E-state index is 0.0645. The standard InChI is InChI=1S/C20H18BrNO4S/c1-3-26-16-10-15(21)8-14(18(16)23)9-17-19(24)22(20(25)27-17)11-13-6-4-12(2)5-7-13/h4-10,23H,3,11H2,1-2H3/b17-9-. The highest BCUT2D eigenvalue weighted by Gasteiger charge is 2.35. The monoisotopic (exact) mass is 447 g/mol. The number of benzene rings is 2. The fourth-order valence-electron chi connectivity index (χ4n) is 2.62. The molecule has 0 bridgehead atoms. The molecule has 1 saturated heterocycles. The van der Waals surface area contributed by atoms with Gasteiger partial charge in [0.15, 0.2) is 11.5 Å². The molecule has 0 aromatic heterocycles. The minimum atomic E-state index is -0.372. The van der Waals surface area contributed by atoms with Gasteiger partial charge in [0.05, 0.1) is 18.1 Å². The number of phenols is 1. The number of halogens is 1. The van der Waals surface area contributed by atoms with Crippen LogP contribution in [0, 0.1) is 6.92 Å². The third kappa shape index (κ3) is 4.36. The SMILES string of the molecule is CCOc1cc(Br)cc(/C=C2\SC(=O)N(Cc3ccc(C)cc3)C2=O)c1O.